The first kappa shape index (κ1) is 12.4. The van der Waals surface area contributed by atoms with Gasteiger partial charge in [0, 0.05) is 23.7 Å². The fourth-order valence-corrected chi connectivity index (χ4v) is 3.02. The third-order valence-electron chi connectivity index (χ3n) is 2.94. The molecule has 2 heterocycles. The topological polar surface area (TPSA) is 37.3 Å². The molecule has 1 fully saturated rings. The van der Waals surface area contributed by atoms with Crippen LogP contribution in [0.5, 0.6) is 0 Å². The van der Waals surface area contributed by atoms with E-state index in [-0.39, 0.29) is 5.54 Å². The Hall–Kier alpha value is -1.03. The fourth-order valence-electron chi connectivity index (χ4n) is 1.71. The molecule has 0 aromatic carbocycles. The Morgan fingerprint density at radius 3 is 3.06 bits per heavy atom. The first-order chi connectivity index (χ1) is 8.07. The van der Waals surface area contributed by atoms with Crippen molar-refractivity contribution in [3.63, 3.8) is 0 Å². The number of aromatic nitrogens is 1. The second-order valence-corrected chi connectivity index (χ2v) is 6.11. The van der Waals surface area contributed by atoms with Crippen LogP contribution in [-0.4, -0.2) is 21.4 Å². The van der Waals surface area contributed by atoms with Crippen molar-refractivity contribution < 1.29 is 0 Å². The molecule has 0 saturated carbocycles. The molecule has 0 atom stereocenters. The van der Waals surface area contributed by atoms with E-state index in [1.165, 1.54) is 17.5 Å². The normalized spacial score (nSPS) is 21.2. The van der Waals surface area contributed by atoms with Crippen molar-refractivity contribution in [1.29, 1.82) is 0 Å². The van der Waals surface area contributed by atoms with E-state index < -0.39 is 0 Å². The van der Waals surface area contributed by atoms with Gasteiger partial charge < -0.3 is 5.32 Å². The first-order valence-electron chi connectivity index (χ1n) is 5.92. The van der Waals surface area contributed by atoms with Crippen molar-refractivity contribution in [2.45, 2.75) is 39.3 Å². The molecule has 0 spiro atoms. The third-order valence-corrected chi connectivity index (χ3v) is 3.85. The summed E-state index contributed by atoms with van der Waals surface area (Å²) in [4.78, 5) is 8.74. The smallest absolute Gasteiger partial charge is 0.157 e. The summed E-state index contributed by atoms with van der Waals surface area (Å²) in [6, 6.07) is 2.04. The van der Waals surface area contributed by atoms with Gasteiger partial charge in [-0.1, -0.05) is 11.8 Å². The summed E-state index contributed by atoms with van der Waals surface area (Å²) in [6.07, 6.45) is 4.90. The number of nitrogens with one attached hydrogen (secondary N) is 1. The molecule has 0 bridgehead atoms. The number of thioether (sulfide) groups is 1. The van der Waals surface area contributed by atoms with Crippen LogP contribution in [0.25, 0.3) is 0 Å². The number of aliphatic imine (C=N–C) groups is 1. The summed E-state index contributed by atoms with van der Waals surface area (Å²) in [5, 5.41) is 4.55. The summed E-state index contributed by atoms with van der Waals surface area (Å²) in [5.41, 5.74) is 2.63. The van der Waals surface area contributed by atoms with Gasteiger partial charge in [-0.2, -0.15) is 0 Å². The number of nitrogens with zero attached hydrogens (tertiary/aromatic N) is 2. The lowest BCUT2D eigenvalue weighted by Gasteiger charge is -2.32. The molecule has 1 saturated heterocycles. The van der Waals surface area contributed by atoms with E-state index in [1.807, 2.05) is 30.2 Å². The zero-order valence-corrected chi connectivity index (χ0v) is 11.5. The maximum absolute atomic E-state index is 4.65. The predicted octanol–water partition coefficient (Wildman–Crippen LogP) is 2.75. The maximum atomic E-state index is 4.65. The van der Waals surface area contributed by atoms with E-state index in [9.17, 15) is 0 Å². The van der Waals surface area contributed by atoms with Gasteiger partial charge in [-0.3, -0.25) is 9.98 Å². The van der Waals surface area contributed by atoms with Gasteiger partial charge in [-0.25, -0.2) is 0 Å². The van der Waals surface area contributed by atoms with Gasteiger partial charge in [0.15, 0.2) is 5.17 Å². The van der Waals surface area contributed by atoms with Gasteiger partial charge in [0.25, 0.3) is 0 Å². The van der Waals surface area contributed by atoms with E-state index >= 15 is 0 Å². The van der Waals surface area contributed by atoms with Crippen LogP contribution in [0.1, 0.15) is 31.4 Å². The van der Waals surface area contributed by atoms with E-state index in [2.05, 4.69) is 36.1 Å². The minimum atomic E-state index is 0.178. The number of amidine groups is 1. The van der Waals surface area contributed by atoms with Crippen LogP contribution in [0.3, 0.4) is 0 Å². The molecule has 1 N–H and O–H groups in total. The molecule has 4 heteroatoms. The highest BCUT2D eigenvalue weighted by Gasteiger charge is 2.23. The Balaban J connectivity index is 2.04. The molecule has 1 aromatic heterocycles. The summed E-state index contributed by atoms with van der Waals surface area (Å²) < 4.78 is 0. The van der Waals surface area contributed by atoms with E-state index in [4.69, 9.17) is 0 Å². The number of hydrogen-bond donors (Lipinski definition) is 1. The van der Waals surface area contributed by atoms with Crippen molar-refractivity contribution >= 4 is 16.9 Å². The Morgan fingerprint density at radius 1 is 1.53 bits per heavy atom. The third kappa shape index (κ3) is 3.46. The standard InChI is InChI=1S/C13H19N3S/c1-10-8-14-6-4-11(10)9-15-12-16-13(2,3)5-7-17-12/h4,6,8H,5,7,9H2,1-3H3,(H,15,16). The SMILES string of the molecule is Cc1cnccc1CN=C1NC(C)(C)CCS1. The Labute approximate surface area is 107 Å². The lowest BCUT2D eigenvalue weighted by molar-refractivity contribution is 0.446. The molecule has 2 rings (SSSR count). The summed E-state index contributed by atoms with van der Waals surface area (Å²) in [5.74, 6) is 1.15. The summed E-state index contributed by atoms with van der Waals surface area (Å²) in [7, 11) is 0. The number of pyridine rings is 1. The lowest BCUT2D eigenvalue weighted by Crippen LogP contribution is -2.46. The Morgan fingerprint density at radius 2 is 2.35 bits per heavy atom. The average Bonchev–Trinajstić information content (AvgIpc) is 2.27. The van der Waals surface area contributed by atoms with Crippen LogP contribution in [0.2, 0.25) is 0 Å². The van der Waals surface area contributed by atoms with Crippen molar-refractivity contribution in [3.05, 3.63) is 29.6 Å². The van der Waals surface area contributed by atoms with Crippen LogP contribution >= 0.6 is 11.8 Å². The minimum Gasteiger partial charge on any atom is -0.360 e. The molecule has 1 aliphatic rings. The van der Waals surface area contributed by atoms with Gasteiger partial charge in [-0.05, 0) is 44.4 Å². The Kier molecular flexibility index (Phi) is 3.72. The molecule has 92 valence electrons. The largest absolute Gasteiger partial charge is 0.360 e. The van der Waals surface area contributed by atoms with Gasteiger partial charge in [-0.15, -0.1) is 0 Å². The Bertz CT molecular complexity index is 426. The lowest BCUT2D eigenvalue weighted by atomic mass is 10.0. The molecular weight excluding hydrogens is 230 g/mol. The first-order valence-corrected chi connectivity index (χ1v) is 6.90. The van der Waals surface area contributed by atoms with Gasteiger partial charge in [0.1, 0.15) is 0 Å². The molecular formula is C13H19N3S. The maximum Gasteiger partial charge on any atom is 0.157 e. The van der Waals surface area contributed by atoms with Crippen LogP contribution < -0.4 is 5.32 Å². The highest BCUT2D eigenvalue weighted by Crippen LogP contribution is 2.22. The quantitative estimate of drug-likeness (QED) is 0.875. The van der Waals surface area contributed by atoms with E-state index in [0.29, 0.717) is 0 Å². The monoisotopic (exact) mass is 249 g/mol. The van der Waals surface area contributed by atoms with Crippen molar-refractivity contribution in [2.24, 2.45) is 4.99 Å². The van der Waals surface area contributed by atoms with Crippen LogP contribution in [0, 0.1) is 6.92 Å². The molecule has 0 unspecified atom stereocenters. The van der Waals surface area contributed by atoms with E-state index in [0.717, 1.165) is 17.5 Å². The zero-order chi connectivity index (χ0) is 12.3. The summed E-state index contributed by atoms with van der Waals surface area (Å²) >= 11 is 1.81. The van der Waals surface area contributed by atoms with Crippen LogP contribution in [0.4, 0.5) is 0 Å². The molecule has 0 aliphatic carbocycles. The fraction of sp³-hybridized carbons (Fsp3) is 0.538. The minimum absolute atomic E-state index is 0.178. The average molecular weight is 249 g/mol. The molecule has 1 aliphatic heterocycles. The van der Waals surface area contributed by atoms with Gasteiger partial charge in [0.2, 0.25) is 0 Å². The summed E-state index contributed by atoms with van der Waals surface area (Å²) in [6.45, 7) is 7.26. The van der Waals surface area contributed by atoms with Crippen molar-refractivity contribution in [3.8, 4) is 0 Å². The predicted molar refractivity (Wildman–Crippen MR) is 74.4 cm³/mol. The second kappa shape index (κ2) is 5.08. The van der Waals surface area contributed by atoms with Gasteiger partial charge in [0.05, 0.1) is 6.54 Å². The van der Waals surface area contributed by atoms with Crippen LogP contribution in [0.15, 0.2) is 23.5 Å². The molecule has 17 heavy (non-hydrogen) atoms. The number of hydrogen-bond acceptors (Lipinski definition) is 3. The number of rotatable bonds is 2. The van der Waals surface area contributed by atoms with Gasteiger partial charge >= 0.3 is 0 Å². The highest BCUT2D eigenvalue weighted by molar-refractivity contribution is 8.13. The molecule has 1 aromatic rings. The van der Waals surface area contributed by atoms with Crippen LogP contribution in [-0.2, 0) is 6.54 Å². The highest BCUT2D eigenvalue weighted by atomic mass is 32.2. The van der Waals surface area contributed by atoms with Crippen molar-refractivity contribution in [2.75, 3.05) is 5.75 Å². The number of aryl methyl sites for hydroxylation is 1. The molecule has 0 amide bonds. The van der Waals surface area contributed by atoms with Crippen molar-refractivity contribution in [1.82, 2.24) is 10.3 Å². The molecule has 0 radical (unpaired) electrons. The molecule has 3 nitrogen and oxygen atoms in total. The zero-order valence-electron chi connectivity index (χ0n) is 10.7. The second-order valence-electron chi connectivity index (χ2n) is 5.03. The van der Waals surface area contributed by atoms with E-state index in [1.54, 1.807) is 0 Å².